The Morgan fingerprint density at radius 3 is 2.50 bits per heavy atom. The van der Waals surface area contributed by atoms with Crippen LogP contribution in [0.2, 0.25) is 0 Å². The first-order chi connectivity index (χ1) is 8.81. The number of para-hydroxylation sites is 2. The van der Waals surface area contributed by atoms with E-state index in [1.54, 1.807) is 0 Å². The van der Waals surface area contributed by atoms with E-state index in [0.717, 1.165) is 12.3 Å². The van der Waals surface area contributed by atoms with Crippen LogP contribution in [0.1, 0.15) is 18.1 Å². The van der Waals surface area contributed by atoms with Crippen LogP contribution >= 0.6 is 0 Å². The second-order valence-electron chi connectivity index (χ2n) is 4.21. The van der Waals surface area contributed by atoms with Crippen LogP contribution in [0.5, 0.6) is 5.75 Å². The summed E-state index contributed by atoms with van der Waals surface area (Å²) >= 11 is 0. The van der Waals surface area contributed by atoms with Crippen molar-refractivity contribution in [2.45, 2.75) is 20.4 Å². The van der Waals surface area contributed by atoms with E-state index in [4.69, 9.17) is 4.74 Å². The Hall–Kier alpha value is -1.96. The van der Waals surface area contributed by atoms with Gasteiger partial charge < -0.3 is 10.1 Å². The summed E-state index contributed by atoms with van der Waals surface area (Å²) in [6.45, 7) is 5.59. The largest absolute Gasteiger partial charge is 0.494 e. The summed E-state index contributed by atoms with van der Waals surface area (Å²) in [6, 6.07) is 16.4. The first kappa shape index (κ1) is 12.5. The van der Waals surface area contributed by atoms with Gasteiger partial charge in [0.15, 0.2) is 0 Å². The molecular formula is C16H19NO. The monoisotopic (exact) mass is 241 g/mol. The average molecular weight is 241 g/mol. The topological polar surface area (TPSA) is 21.3 Å². The van der Waals surface area contributed by atoms with Gasteiger partial charge in [0.05, 0.1) is 6.61 Å². The van der Waals surface area contributed by atoms with Gasteiger partial charge in [-0.1, -0.05) is 36.4 Å². The van der Waals surface area contributed by atoms with Gasteiger partial charge in [0, 0.05) is 17.8 Å². The van der Waals surface area contributed by atoms with Crippen LogP contribution in [0.25, 0.3) is 0 Å². The molecule has 0 bridgehead atoms. The van der Waals surface area contributed by atoms with Crippen molar-refractivity contribution < 1.29 is 4.74 Å². The van der Waals surface area contributed by atoms with Crippen LogP contribution in [0.15, 0.2) is 48.5 Å². The molecule has 2 nitrogen and oxygen atoms in total. The highest BCUT2D eigenvalue weighted by atomic mass is 16.5. The maximum Gasteiger partial charge on any atom is 0.124 e. The minimum Gasteiger partial charge on any atom is -0.494 e. The lowest BCUT2D eigenvalue weighted by Crippen LogP contribution is -2.03. The molecule has 0 unspecified atom stereocenters. The first-order valence-electron chi connectivity index (χ1n) is 6.31. The molecule has 0 aliphatic carbocycles. The van der Waals surface area contributed by atoms with Crippen LogP contribution in [0, 0.1) is 6.92 Å². The summed E-state index contributed by atoms with van der Waals surface area (Å²) in [6.07, 6.45) is 0. The molecule has 0 aliphatic heterocycles. The number of nitrogens with one attached hydrogen (secondary N) is 1. The van der Waals surface area contributed by atoms with Crippen LogP contribution < -0.4 is 10.1 Å². The van der Waals surface area contributed by atoms with Gasteiger partial charge in [0.1, 0.15) is 5.75 Å². The molecule has 2 rings (SSSR count). The zero-order valence-electron chi connectivity index (χ0n) is 10.9. The molecule has 0 aromatic heterocycles. The molecule has 0 spiro atoms. The van der Waals surface area contributed by atoms with Gasteiger partial charge in [-0.25, -0.2) is 0 Å². The van der Waals surface area contributed by atoms with Crippen LogP contribution in [0.4, 0.5) is 5.69 Å². The van der Waals surface area contributed by atoms with Gasteiger partial charge in [-0.2, -0.15) is 0 Å². The van der Waals surface area contributed by atoms with E-state index in [9.17, 15) is 0 Å². The summed E-state index contributed by atoms with van der Waals surface area (Å²) in [5.74, 6) is 0.959. The van der Waals surface area contributed by atoms with Gasteiger partial charge in [0.2, 0.25) is 0 Å². The highest BCUT2D eigenvalue weighted by molar-refractivity contribution is 5.51. The van der Waals surface area contributed by atoms with E-state index in [2.05, 4.69) is 36.5 Å². The Balaban J connectivity index is 2.08. The number of ether oxygens (including phenoxy) is 1. The maximum absolute atomic E-state index is 5.62. The van der Waals surface area contributed by atoms with E-state index < -0.39 is 0 Å². The maximum atomic E-state index is 5.62. The molecule has 0 saturated heterocycles. The van der Waals surface area contributed by atoms with Gasteiger partial charge in [0.25, 0.3) is 0 Å². The number of anilines is 1. The Morgan fingerprint density at radius 2 is 1.72 bits per heavy atom. The van der Waals surface area contributed by atoms with E-state index in [1.807, 2.05) is 31.2 Å². The van der Waals surface area contributed by atoms with E-state index >= 15 is 0 Å². The fourth-order valence-electron chi connectivity index (χ4n) is 1.91. The summed E-state index contributed by atoms with van der Waals surface area (Å²) < 4.78 is 5.62. The SMILES string of the molecule is CCOc1ccccc1CNc1ccccc1C. The van der Waals surface area contributed by atoms with Crippen molar-refractivity contribution in [1.82, 2.24) is 0 Å². The smallest absolute Gasteiger partial charge is 0.124 e. The molecular weight excluding hydrogens is 222 g/mol. The molecule has 0 heterocycles. The molecule has 0 amide bonds. The number of hydrogen-bond donors (Lipinski definition) is 1. The molecule has 0 saturated carbocycles. The average Bonchev–Trinajstić information content (AvgIpc) is 2.40. The van der Waals surface area contributed by atoms with Gasteiger partial charge in [-0.3, -0.25) is 0 Å². The second-order valence-corrected chi connectivity index (χ2v) is 4.21. The summed E-state index contributed by atoms with van der Waals surface area (Å²) in [4.78, 5) is 0. The second kappa shape index (κ2) is 6.10. The zero-order chi connectivity index (χ0) is 12.8. The van der Waals surface area contributed by atoms with Gasteiger partial charge >= 0.3 is 0 Å². The molecule has 18 heavy (non-hydrogen) atoms. The molecule has 2 aromatic rings. The Labute approximate surface area is 109 Å². The highest BCUT2D eigenvalue weighted by Crippen LogP contribution is 2.20. The Morgan fingerprint density at radius 1 is 1.00 bits per heavy atom. The summed E-state index contributed by atoms with van der Waals surface area (Å²) in [5, 5.41) is 3.45. The Kier molecular flexibility index (Phi) is 4.24. The normalized spacial score (nSPS) is 10.1. The molecule has 0 aliphatic rings. The summed E-state index contributed by atoms with van der Waals surface area (Å²) in [5.41, 5.74) is 3.61. The highest BCUT2D eigenvalue weighted by Gasteiger charge is 2.02. The quantitative estimate of drug-likeness (QED) is 0.854. The predicted octanol–water partition coefficient (Wildman–Crippen LogP) is 4.01. The van der Waals surface area contributed by atoms with Crippen LogP contribution in [0.3, 0.4) is 0 Å². The lowest BCUT2D eigenvalue weighted by Gasteiger charge is -2.13. The van der Waals surface area contributed by atoms with Crippen molar-refractivity contribution in [3.05, 3.63) is 59.7 Å². The van der Waals surface area contributed by atoms with Gasteiger partial charge in [-0.15, -0.1) is 0 Å². The van der Waals surface area contributed by atoms with Crippen molar-refractivity contribution in [2.75, 3.05) is 11.9 Å². The number of aryl methyl sites for hydroxylation is 1. The molecule has 1 N–H and O–H groups in total. The zero-order valence-corrected chi connectivity index (χ0v) is 10.9. The number of benzene rings is 2. The third-order valence-corrected chi connectivity index (χ3v) is 2.89. The van der Waals surface area contributed by atoms with E-state index in [0.29, 0.717) is 6.61 Å². The molecule has 0 radical (unpaired) electrons. The lowest BCUT2D eigenvalue weighted by atomic mass is 10.1. The van der Waals surface area contributed by atoms with Gasteiger partial charge in [-0.05, 0) is 31.5 Å². The van der Waals surface area contributed by atoms with Crippen LogP contribution in [-0.4, -0.2) is 6.61 Å². The van der Waals surface area contributed by atoms with E-state index in [-0.39, 0.29) is 0 Å². The lowest BCUT2D eigenvalue weighted by molar-refractivity contribution is 0.337. The van der Waals surface area contributed by atoms with E-state index in [1.165, 1.54) is 16.8 Å². The molecule has 94 valence electrons. The standard InChI is InChI=1S/C16H19NO/c1-3-18-16-11-7-5-9-14(16)12-17-15-10-6-4-8-13(15)2/h4-11,17H,3,12H2,1-2H3. The van der Waals surface area contributed by atoms with Crippen molar-refractivity contribution >= 4 is 5.69 Å². The first-order valence-corrected chi connectivity index (χ1v) is 6.31. The molecule has 2 aromatic carbocycles. The van der Waals surface area contributed by atoms with Crippen molar-refractivity contribution in [3.8, 4) is 5.75 Å². The fraction of sp³-hybridized carbons (Fsp3) is 0.250. The minimum atomic E-state index is 0.696. The summed E-state index contributed by atoms with van der Waals surface area (Å²) in [7, 11) is 0. The third-order valence-electron chi connectivity index (χ3n) is 2.89. The predicted molar refractivity (Wildman–Crippen MR) is 76.1 cm³/mol. The minimum absolute atomic E-state index is 0.696. The number of hydrogen-bond acceptors (Lipinski definition) is 2. The van der Waals surface area contributed by atoms with Crippen LogP contribution in [-0.2, 0) is 6.54 Å². The van der Waals surface area contributed by atoms with Crippen molar-refractivity contribution in [3.63, 3.8) is 0 Å². The van der Waals surface area contributed by atoms with Crippen molar-refractivity contribution in [2.24, 2.45) is 0 Å². The number of rotatable bonds is 5. The molecule has 2 heteroatoms. The van der Waals surface area contributed by atoms with Crippen molar-refractivity contribution in [1.29, 1.82) is 0 Å². The fourth-order valence-corrected chi connectivity index (χ4v) is 1.91. The Bertz CT molecular complexity index is 508. The molecule has 0 fully saturated rings. The third kappa shape index (κ3) is 3.04. The molecule has 0 atom stereocenters.